The number of likely N-dealkylation sites (tertiary alicyclic amines) is 1. The van der Waals surface area contributed by atoms with Crippen molar-refractivity contribution >= 4 is 11.9 Å². The number of carbonyl (C=O) groups excluding carboxylic acids is 2. The zero-order valence-electron chi connectivity index (χ0n) is 12.3. The van der Waals surface area contributed by atoms with Crippen LogP contribution in [0, 0.1) is 11.8 Å². The van der Waals surface area contributed by atoms with E-state index in [-0.39, 0.29) is 17.9 Å². The maximum atomic E-state index is 11.8. The fourth-order valence-electron chi connectivity index (χ4n) is 1.98. The zero-order chi connectivity index (χ0) is 14.4. The molecule has 1 N–H and O–H groups in total. The van der Waals surface area contributed by atoms with Gasteiger partial charge in [-0.25, -0.2) is 10.3 Å². The summed E-state index contributed by atoms with van der Waals surface area (Å²) in [5.41, 5.74) is 2.50. The van der Waals surface area contributed by atoms with Crippen molar-refractivity contribution < 1.29 is 14.4 Å². The van der Waals surface area contributed by atoms with Gasteiger partial charge in [0.15, 0.2) is 0 Å². The monoisotopic (exact) mass is 271 g/mol. The molecule has 1 rings (SSSR count). The number of carbonyl (C=O) groups is 2. The van der Waals surface area contributed by atoms with E-state index in [2.05, 4.69) is 5.48 Å². The van der Waals surface area contributed by atoms with Crippen molar-refractivity contribution in [2.75, 3.05) is 33.8 Å². The molecule has 0 aromatic rings. The minimum atomic E-state index is -0.0717. The van der Waals surface area contributed by atoms with E-state index in [0.717, 1.165) is 0 Å². The van der Waals surface area contributed by atoms with Crippen LogP contribution in [0.25, 0.3) is 0 Å². The summed E-state index contributed by atoms with van der Waals surface area (Å²) in [7, 11) is 3.47. The Bertz CT molecular complexity index is 310. The summed E-state index contributed by atoms with van der Waals surface area (Å²) in [5.74, 6) is 0.260. The van der Waals surface area contributed by atoms with E-state index in [4.69, 9.17) is 4.84 Å². The maximum absolute atomic E-state index is 11.8. The summed E-state index contributed by atoms with van der Waals surface area (Å²) in [6.45, 7) is 5.82. The Hall–Kier alpha value is -1.30. The summed E-state index contributed by atoms with van der Waals surface area (Å²) in [4.78, 5) is 32.1. The molecule has 1 aliphatic rings. The summed E-state index contributed by atoms with van der Waals surface area (Å²) in [5, 5.41) is 0. The molecule has 110 valence electrons. The van der Waals surface area contributed by atoms with E-state index in [0.29, 0.717) is 38.5 Å². The molecule has 6 nitrogen and oxygen atoms in total. The minimum Gasteiger partial charge on any atom is -0.331 e. The molecular formula is C13H25N3O3. The summed E-state index contributed by atoms with van der Waals surface area (Å²) >= 11 is 0. The van der Waals surface area contributed by atoms with Crippen molar-refractivity contribution in [3.63, 3.8) is 0 Å². The normalized spacial score (nSPS) is 16.6. The molecule has 0 radical (unpaired) electrons. The summed E-state index contributed by atoms with van der Waals surface area (Å²) in [6.07, 6.45) is 1.38. The highest BCUT2D eigenvalue weighted by Crippen LogP contribution is 2.18. The second-order valence-electron chi connectivity index (χ2n) is 5.61. The average molecular weight is 271 g/mol. The Morgan fingerprint density at radius 2 is 1.89 bits per heavy atom. The molecule has 3 amide bonds. The molecule has 0 spiro atoms. The smallest absolute Gasteiger partial charge is 0.319 e. The van der Waals surface area contributed by atoms with Gasteiger partial charge in [-0.05, 0) is 18.8 Å². The topological polar surface area (TPSA) is 61.9 Å². The lowest BCUT2D eigenvalue weighted by Crippen LogP contribution is -2.46. The van der Waals surface area contributed by atoms with Gasteiger partial charge in [0.25, 0.3) is 0 Å². The van der Waals surface area contributed by atoms with Crippen molar-refractivity contribution in [2.45, 2.75) is 26.7 Å². The van der Waals surface area contributed by atoms with Gasteiger partial charge in [0.2, 0.25) is 5.91 Å². The van der Waals surface area contributed by atoms with Crippen LogP contribution in [0.15, 0.2) is 0 Å². The van der Waals surface area contributed by atoms with Crippen LogP contribution in [0.1, 0.15) is 26.7 Å². The van der Waals surface area contributed by atoms with Crippen molar-refractivity contribution in [1.82, 2.24) is 15.3 Å². The molecule has 1 fully saturated rings. The van der Waals surface area contributed by atoms with Crippen LogP contribution < -0.4 is 5.48 Å². The van der Waals surface area contributed by atoms with Crippen LogP contribution in [0.5, 0.6) is 0 Å². The maximum Gasteiger partial charge on any atom is 0.319 e. The molecular weight excluding hydrogens is 246 g/mol. The van der Waals surface area contributed by atoms with Gasteiger partial charge >= 0.3 is 6.03 Å². The average Bonchev–Trinajstić information content (AvgIpc) is 2.37. The van der Waals surface area contributed by atoms with Crippen molar-refractivity contribution in [3.05, 3.63) is 0 Å². The van der Waals surface area contributed by atoms with Gasteiger partial charge in [-0.3, -0.25) is 9.63 Å². The first-order chi connectivity index (χ1) is 8.91. The third-order valence-corrected chi connectivity index (χ3v) is 3.11. The van der Waals surface area contributed by atoms with Gasteiger partial charge < -0.3 is 9.80 Å². The lowest BCUT2D eigenvalue weighted by atomic mass is 9.96. The Balaban J connectivity index is 2.29. The van der Waals surface area contributed by atoms with Gasteiger partial charge in [0.1, 0.15) is 0 Å². The first kappa shape index (κ1) is 15.8. The Morgan fingerprint density at radius 3 is 2.37 bits per heavy atom. The van der Waals surface area contributed by atoms with Gasteiger partial charge in [0, 0.05) is 33.1 Å². The van der Waals surface area contributed by atoms with E-state index in [1.165, 1.54) is 0 Å². The largest absolute Gasteiger partial charge is 0.331 e. The second kappa shape index (κ2) is 7.33. The highest BCUT2D eigenvalue weighted by atomic mass is 16.6. The number of hydroxylamine groups is 1. The highest BCUT2D eigenvalue weighted by Gasteiger charge is 2.28. The number of urea groups is 1. The fraction of sp³-hybridized carbons (Fsp3) is 0.846. The number of nitrogens with one attached hydrogen (secondary N) is 1. The molecule has 1 saturated heterocycles. The standard InChI is InChI=1S/C13H25N3O3/c1-10(2)9-19-14-12(17)11-5-7-16(8-6-11)13(18)15(3)4/h10-11H,5-9H2,1-4H3,(H,14,17). The van der Waals surface area contributed by atoms with E-state index >= 15 is 0 Å². The molecule has 0 aromatic carbocycles. The SMILES string of the molecule is CC(C)CONC(=O)C1CCN(C(=O)N(C)C)CC1. The van der Waals surface area contributed by atoms with Crippen molar-refractivity contribution in [2.24, 2.45) is 11.8 Å². The predicted octanol–water partition coefficient (Wildman–Crippen LogP) is 1.08. The molecule has 0 unspecified atom stereocenters. The molecule has 19 heavy (non-hydrogen) atoms. The third-order valence-electron chi connectivity index (χ3n) is 3.11. The van der Waals surface area contributed by atoms with E-state index in [9.17, 15) is 9.59 Å². The van der Waals surface area contributed by atoms with Gasteiger partial charge in [-0.15, -0.1) is 0 Å². The number of hydrogen-bond acceptors (Lipinski definition) is 3. The fourth-order valence-corrected chi connectivity index (χ4v) is 1.98. The molecule has 0 aliphatic carbocycles. The Kier molecular flexibility index (Phi) is 6.08. The van der Waals surface area contributed by atoms with Crippen molar-refractivity contribution in [3.8, 4) is 0 Å². The lowest BCUT2D eigenvalue weighted by molar-refractivity contribution is -0.140. The number of nitrogens with zero attached hydrogens (tertiary/aromatic N) is 2. The predicted molar refractivity (Wildman–Crippen MR) is 72.3 cm³/mol. The first-order valence-corrected chi connectivity index (χ1v) is 6.79. The van der Waals surface area contributed by atoms with Crippen LogP contribution in [-0.4, -0.2) is 55.5 Å². The summed E-state index contributed by atoms with van der Waals surface area (Å²) in [6, 6.07) is 0.00918. The number of rotatable bonds is 4. The van der Waals surface area contributed by atoms with Gasteiger partial charge in [0.05, 0.1) is 6.61 Å². The van der Waals surface area contributed by atoms with E-state index < -0.39 is 0 Å². The summed E-state index contributed by atoms with van der Waals surface area (Å²) < 4.78 is 0. The second-order valence-corrected chi connectivity index (χ2v) is 5.61. The third kappa shape index (κ3) is 5.06. The molecule has 0 atom stereocenters. The number of piperidine rings is 1. The van der Waals surface area contributed by atoms with E-state index in [1.54, 1.807) is 23.9 Å². The molecule has 1 aliphatic heterocycles. The Labute approximate surface area is 115 Å². The van der Waals surface area contributed by atoms with Crippen LogP contribution in [0.4, 0.5) is 4.79 Å². The molecule has 0 saturated carbocycles. The lowest BCUT2D eigenvalue weighted by Gasteiger charge is -2.32. The molecule has 0 aromatic heterocycles. The van der Waals surface area contributed by atoms with Gasteiger partial charge in [-0.2, -0.15) is 0 Å². The highest BCUT2D eigenvalue weighted by molar-refractivity contribution is 5.78. The van der Waals surface area contributed by atoms with Crippen molar-refractivity contribution in [1.29, 1.82) is 0 Å². The van der Waals surface area contributed by atoms with Crippen LogP contribution in [0.2, 0.25) is 0 Å². The molecule has 6 heteroatoms. The van der Waals surface area contributed by atoms with Gasteiger partial charge in [-0.1, -0.05) is 13.8 Å². The number of amides is 3. The van der Waals surface area contributed by atoms with Crippen LogP contribution in [0.3, 0.4) is 0 Å². The van der Waals surface area contributed by atoms with Crippen LogP contribution >= 0.6 is 0 Å². The first-order valence-electron chi connectivity index (χ1n) is 6.79. The van der Waals surface area contributed by atoms with Crippen LogP contribution in [-0.2, 0) is 9.63 Å². The molecule has 0 bridgehead atoms. The van der Waals surface area contributed by atoms with E-state index in [1.807, 2.05) is 13.8 Å². The minimum absolute atomic E-state index is 0.00918. The quantitative estimate of drug-likeness (QED) is 0.778. The zero-order valence-corrected chi connectivity index (χ0v) is 12.3. The molecule has 1 heterocycles. The number of hydrogen-bond donors (Lipinski definition) is 1. The Morgan fingerprint density at radius 1 is 1.32 bits per heavy atom.